The van der Waals surface area contributed by atoms with Gasteiger partial charge in [-0.05, 0) is 29.7 Å². The van der Waals surface area contributed by atoms with E-state index in [0.29, 0.717) is 11.8 Å². The Hall–Kier alpha value is -1.22. The highest BCUT2D eigenvalue weighted by molar-refractivity contribution is 5.85. The molecule has 0 bridgehead atoms. The third-order valence-corrected chi connectivity index (χ3v) is 3.03. The standard InChI is InChI=1S/C11H12N2O.ClH/c14-9-1-2-10-8(5-9)3-4-13-7-12-6-11(10)13;/h1-2,5,7,11,14H,3-4,6H2;1H. The molecule has 15 heavy (non-hydrogen) atoms. The second-order valence-corrected chi connectivity index (χ2v) is 3.87. The molecule has 2 aliphatic heterocycles. The average molecular weight is 225 g/mol. The van der Waals surface area contributed by atoms with Crippen molar-refractivity contribution in [2.24, 2.45) is 4.99 Å². The number of aromatic hydroxyl groups is 1. The first-order chi connectivity index (χ1) is 6.84. The first-order valence-corrected chi connectivity index (χ1v) is 4.92. The Morgan fingerprint density at radius 1 is 1.40 bits per heavy atom. The zero-order valence-corrected chi connectivity index (χ0v) is 9.07. The Kier molecular flexibility index (Phi) is 2.57. The molecule has 0 aromatic heterocycles. The van der Waals surface area contributed by atoms with E-state index in [-0.39, 0.29) is 12.4 Å². The van der Waals surface area contributed by atoms with Crippen molar-refractivity contribution in [1.29, 1.82) is 0 Å². The maximum absolute atomic E-state index is 9.38. The van der Waals surface area contributed by atoms with Crippen LogP contribution in [0, 0.1) is 0 Å². The number of rotatable bonds is 0. The van der Waals surface area contributed by atoms with Gasteiger partial charge in [-0.25, -0.2) is 0 Å². The van der Waals surface area contributed by atoms with Crippen LogP contribution in [0.3, 0.4) is 0 Å². The van der Waals surface area contributed by atoms with Crippen LogP contribution in [0.2, 0.25) is 0 Å². The molecule has 1 N–H and O–H groups in total. The number of nitrogens with zero attached hydrogens (tertiary/aromatic N) is 2. The fourth-order valence-corrected chi connectivity index (χ4v) is 2.31. The third kappa shape index (κ3) is 1.57. The van der Waals surface area contributed by atoms with E-state index in [4.69, 9.17) is 0 Å². The van der Waals surface area contributed by atoms with E-state index in [9.17, 15) is 5.11 Å². The van der Waals surface area contributed by atoms with Crippen molar-refractivity contribution in [3.05, 3.63) is 29.3 Å². The zero-order valence-electron chi connectivity index (χ0n) is 8.26. The topological polar surface area (TPSA) is 35.8 Å². The van der Waals surface area contributed by atoms with Gasteiger partial charge >= 0.3 is 0 Å². The predicted octanol–water partition coefficient (Wildman–Crippen LogP) is 1.76. The maximum atomic E-state index is 9.38. The van der Waals surface area contributed by atoms with E-state index in [1.165, 1.54) is 11.1 Å². The molecule has 1 aromatic rings. The fraction of sp³-hybridized carbons (Fsp3) is 0.364. The predicted molar refractivity (Wildman–Crippen MR) is 61.9 cm³/mol. The molecule has 2 heterocycles. The SMILES string of the molecule is Cl.Oc1ccc2c(c1)CCN1C=NCC21. The van der Waals surface area contributed by atoms with Crippen LogP contribution in [0.15, 0.2) is 23.2 Å². The quantitative estimate of drug-likeness (QED) is 0.729. The summed E-state index contributed by atoms with van der Waals surface area (Å²) in [5, 5.41) is 9.38. The van der Waals surface area contributed by atoms with Gasteiger partial charge < -0.3 is 10.0 Å². The number of benzene rings is 1. The lowest BCUT2D eigenvalue weighted by atomic mass is 9.93. The highest BCUT2D eigenvalue weighted by Crippen LogP contribution is 2.33. The molecule has 0 radical (unpaired) electrons. The van der Waals surface area contributed by atoms with Crippen LogP contribution in [-0.2, 0) is 6.42 Å². The second-order valence-electron chi connectivity index (χ2n) is 3.87. The van der Waals surface area contributed by atoms with Gasteiger partial charge in [0.05, 0.1) is 18.9 Å². The van der Waals surface area contributed by atoms with Crippen molar-refractivity contribution in [2.45, 2.75) is 12.5 Å². The number of fused-ring (bicyclic) bond motifs is 3. The maximum Gasteiger partial charge on any atom is 0.115 e. The summed E-state index contributed by atoms with van der Waals surface area (Å²) in [5.41, 5.74) is 2.60. The molecule has 0 saturated heterocycles. The van der Waals surface area contributed by atoms with Crippen molar-refractivity contribution in [3.8, 4) is 5.75 Å². The zero-order chi connectivity index (χ0) is 9.54. The van der Waals surface area contributed by atoms with Gasteiger partial charge in [0, 0.05) is 6.54 Å². The fourth-order valence-electron chi connectivity index (χ4n) is 2.31. The summed E-state index contributed by atoms with van der Waals surface area (Å²) >= 11 is 0. The highest BCUT2D eigenvalue weighted by atomic mass is 35.5. The van der Waals surface area contributed by atoms with Gasteiger partial charge in [0.2, 0.25) is 0 Å². The molecule has 0 fully saturated rings. The minimum absolute atomic E-state index is 0. The first kappa shape index (κ1) is 10.3. The Morgan fingerprint density at radius 2 is 2.27 bits per heavy atom. The summed E-state index contributed by atoms with van der Waals surface area (Å²) in [6.07, 6.45) is 2.95. The van der Waals surface area contributed by atoms with Crippen LogP contribution in [0.1, 0.15) is 17.2 Å². The number of phenols is 1. The molecule has 2 aliphatic rings. The van der Waals surface area contributed by atoms with E-state index in [1.807, 2.05) is 18.5 Å². The lowest BCUT2D eigenvalue weighted by Crippen LogP contribution is -2.31. The van der Waals surface area contributed by atoms with Gasteiger partial charge in [0.25, 0.3) is 0 Å². The van der Waals surface area contributed by atoms with Crippen molar-refractivity contribution in [1.82, 2.24) is 4.90 Å². The van der Waals surface area contributed by atoms with Gasteiger partial charge in [-0.1, -0.05) is 6.07 Å². The summed E-state index contributed by atoms with van der Waals surface area (Å²) in [4.78, 5) is 6.56. The summed E-state index contributed by atoms with van der Waals surface area (Å²) in [5.74, 6) is 0.371. The lowest BCUT2D eigenvalue weighted by molar-refractivity contribution is 0.338. The number of phenolic OH excluding ortho intramolecular Hbond substituents is 1. The number of hydrogen-bond acceptors (Lipinski definition) is 3. The Labute approximate surface area is 94.8 Å². The Balaban J connectivity index is 0.000000853. The third-order valence-electron chi connectivity index (χ3n) is 3.03. The van der Waals surface area contributed by atoms with Crippen LogP contribution >= 0.6 is 12.4 Å². The van der Waals surface area contributed by atoms with Crippen molar-refractivity contribution < 1.29 is 5.11 Å². The molecule has 1 unspecified atom stereocenters. The van der Waals surface area contributed by atoms with Crippen LogP contribution in [0.5, 0.6) is 5.75 Å². The van der Waals surface area contributed by atoms with Crippen LogP contribution in [-0.4, -0.2) is 29.4 Å². The molecule has 1 aromatic carbocycles. The summed E-state index contributed by atoms with van der Waals surface area (Å²) in [6, 6.07) is 6.08. The van der Waals surface area contributed by atoms with E-state index in [1.54, 1.807) is 6.07 Å². The lowest BCUT2D eigenvalue weighted by Gasteiger charge is -2.31. The molecule has 3 rings (SSSR count). The average Bonchev–Trinajstić information content (AvgIpc) is 2.65. The summed E-state index contributed by atoms with van der Waals surface area (Å²) in [7, 11) is 0. The summed E-state index contributed by atoms with van der Waals surface area (Å²) < 4.78 is 0. The first-order valence-electron chi connectivity index (χ1n) is 4.92. The van der Waals surface area contributed by atoms with E-state index in [2.05, 4.69) is 9.89 Å². The molecule has 0 spiro atoms. The molecule has 3 nitrogen and oxygen atoms in total. The molecular formula is C11H13ClN2O. The van der Waals surface area contributed by atoms with Crippen molar-refractivity contribution in [3.63, 3.8) is 0 Å². The smallest absolute Gasteiger partial charge is 0.115 e. The molecule has 4 heteroatoms. The molecular weight excluding hydrogens is 212 g/mol. The molecule has 0 aliphatic carbocycles. The molecule has 80 valence electrons. The summed E-state index contributed by atoms with van der Waals surface area (Å²) in [6.45, 7) is 1.88. The molecule has 1 atom stereocenters. The normalized spacial score (nSPS) is 21.9. The largest absolute Gasteiger partial charge is 0.508 e. The van der Waals surface area contributed by atoms with Crippen LogP contribution < -0.4 is 0 Å². The van der Waals surface area contributed by atoms with Gasteiger partial charge in [-0.2, -0.15) is 0 Å². The Morgan fingerprint density at radius 3 is 3.13 bits per heavy atom. The van der Waals surface area contributed by atoms with Crippen LogP contribution in [0.25, 0.3) is 0 Å². The Bertz CT molecular complexity index is 406. The van der Waals surface area contributed by atoms with E-state index >= 15 is 0 Å². The number of aliphatic imine (C=N–C) groups is 1. The van der Waals surface area contributed by atoms with E-state index in [0.717, 1.165) is 19.5 Å². The van der Waals surface area contributed by atoms with Gasteiger partial charge in [-0.3, -0.25) is 4.99 Å². The number of halogens is 1. The highest BCUT2D eigenvalue weighted by Gasteiger charge is 2.28. The molecule has 0 amide bonds. The minimum atomic E-state index is 0. The second kappa shape index (κ2) is 3.74. The van der Waals surface area contributed by atoms with Gasteiger partial charge in [0.15, 0.2) is 0 Å². The monoisotopic (exact) mass is 224 g/mol. The minimum Gasteiger partial charge on any atom is -0.508 e. The van der Waals surface area contributed by atoms with E-state index < -0.39 is 0 Å². The van der Waals surface area contributed by atoms with Crippen molar-refractivity contribution in [2.75, 3.05) is 13.1 Å². The van der Waals surface area contributed by atoms with Crippen LogP contribution in [0.4, 0.5) is 0 Å². The van der Waals surface area contributed by atoms with Gasteiger partial charge in [-0.15, -0.1) is 12.4 Å². The van der Waals surface area contributed by atoms with Crippen molar-refractivity contribution >= 4 is 18.7 Å². The van der Waals surface area contributed by atoms with Gasteiger partial charge in [0.1, 0.15) is 5.75 Å². The number of hydrogen-bond donors (Lipinski definition) is 1. The molecule has 0 saturated carbocycles.